The Kier molecular flexibility index (Phi) is 2.52. The fourth-order valence-corrected chi connectivity index (χ4v) is 2.70. The summed E-state index contributed by atoms with van der Waals surface area (Å²) in [5.74, 6) is 0.576. The fourth-order valence-electron chi connectivity index (χ4n) is 2.70. The summed E-state index contributed by atoms with van der Waals surface area (Å²) in [7, 11) is 0. The number of hydrogen-bond donors (Lipinski definition) is 1. The second-order valence-corrected chi connectivity index (χ2v) is 5.90. The first-order chi connectivity index (χ1) is 8.07. The molecule has 1 aliphatic carbocycles. The highest BCUT2D eigenvalue weighted by Gasteiger charge is 2.51. The number of β-amino-alcohol motifs (C(OH)–C–C–N with tert-alkyl or cyclic N) is 1. The normalized spacial score (nSPS) is 24.0. The Labute approximate surface area is 102 Å². The van der Waals surface area contributed by atoms with Gasteiger partial charge in [0.1, 0.15) is 0 Å². The topological polar surface area (TPSA) is 41.3 Å². The minimum absolute atomic E-state index is 0.374. The molecule has 2 aliphatic rings. The van der Waals surface area contributed by atoms with Crippen molar-refractivity contribution in [2.45, 2.75) is 44.9 Å². The molecule has 0 atom stereocenters. The van der Waals surface area contributed by atoms with E-state index in [4.69, 9.17) is 0 Å². The van der Waals surface area contributed by atoms with Gasteiger partial charge in [-0.15, -0.1) is 0 Å². The molecule has 0 radical (unpaired) electrons. The third kappa shape index (κ3) is 2.11. The van der Waals surface area contributed by atoms with Crippen molar-refractivity contribution in [2.75, 3.05) is 13.1 Å². The average molecular weight is 235 g/mol. The Bertz CT molecular complexity index is 403. The van der Waals surface area contributed by atoms with Gasteiger partial charge in [-0.3, -0.25) is 9.58 Å². The van der Waals surface area contributed by atoms with Gasteiger partial charge in [0.2, 0.25) is 0 Å². The predicted octanol–water partition coefficient (Wildman–Crippen LogP) is 1.42. The SMILES string of the molecule is CC(C)n1ccc(CN2CC(O)(C3CC3)C2)n1. The molecule has 0 amide bonds. The molecule has 94 valence electrons. The van der Waals surface area contributed by atoms with Crippen molar-refractivity contribution < 1.29 is 5.11 Å². The first-order valence-electron chi connectivity index (χ1n) is 6.55. The minimum atomic E-state index is -0.374. The van der Waals surface area contributed by atoms with Crippen LogP contribution in [-0.2, 0) is 6.54 Å². The van der Waals surface area contributed by atoms with Crippen molar-refractivity contribution in [3.63, 3.8) is 0 Å². The van der Waals surface area contributed by atoms with Gasteiger partial charge in [-0.1, -0.05) is 0 Å². The molecule has 3 rings (SSSR count). The van der Waals surface area contributed by atoms with Crippen LogP contribution in [0.15, 0.2) is 12.3 Å². The highest BCUT2D eigenvalue weighted by atomic mass is 16.3. The van der Waals surface area contributed by atoms with E-state index < -0.39 is 0 Å². The van der Waals surface area contributed by atoms with Gasteiger partial charge in [0.25, 0.3) is 0 Å². The quantitative estimate of drug-likeness (QED) is 0.858. The molecule has 1 saturated heterocycles. The van der Waals surface area contributed by atoms with Gasteiger partial charge in [0, 0.05) is 31.9 Å². The van der Waals surface area contributed by atoms with E-state index in [0.717, 1.165) is 25.3 Å². The highest BCUT2D eigenvalue weighted by molar-refractivity contribution is 5.08. The summed E-state index contributed by atoms with van der Waals surface area (Å²) in [6.07, 6.45) is 4.46. The first kappa shape index (κ1) is 11.2. The molecule has 1 N–H and O–H groups in total. The summed E-state index contributed by atoms with van der Waals surface area (Å²) < 4.78 is 1.99. The monoisotopic (exact) mass is 235 g/mol. The summed E-state index contributed by atoms with van der Waals surface area (Å²) >= 11 is 0. The third-order valence-corrected chi connectivity index (χ3v) is 3.91. The standard InChI is InChI=1S/C13H21N3O/c1-10(2)16-6-5-12(14-16)7-15-8-13(17,9-15)11-3-4-11/h5-6,10-11,17H,3-4,7-9H2,1-2H3. The lowest BCUT2D eigenvalue weighted by Gasteiger charge is -2.46. The summed E-state index contributed by atoms with van der Waals surface area (Å²) in [4.78, 5) is 2.28. The van der Waals surface area contributed by atoms with Crippen LogP contribution in [0, 0.1) is 5.92 Å². The summed E-state index contributed by atoms with van der Waals surface area (Å²) in [5, 5.41) is 14.8. The van der Waals surface area contributed by atoms with Crippen LogP contribution in [0.4, 0.5) is 0 Å². The van der Waals surface area contributed by atoms with Crippen LogP contribution in [0.3, 0.4) is 0 Å². The molecule has 0 spiro atoms. The maximum Gasteiger partial charge on any atom is 0.0928 e. The first-order valence-corrected chi connectivity index (χ1v) is 6.55. The number of hydrogen-bond acceptors (Lipinski definition) is 3. The number of likely N-dealkylation sites (tertiary alicyclic amines) is 1. The van der Waals surface area contributed by atoms with Crippen molar-refractivity contribution in [3.8, 4) is 0 Å². The van der Waals surface area contributed by atoms with Gasteiger partial charge in [0.05, 0.1) is 11.3 Å². The van der Waals surface area contributed by atoms with E-state index in [-0.39, 0.29) is 5.60 Å². The molecule has 1 aliphatic heterocycles. The molecule has 0 unspecified atom stereocenters. The second-order valence-electron chi connectivity index (χ2n) is 5.90. The maximum absolute atomic E-state index is 10.2. The van der Waals surface area contributed by atoms with Gasteiger partial charge in [-0.25, -0.2) is 0 Å². The van der Waals surface area contributed by atoms with Gasteiger partial charge in [-0.2, -0.15) is 5.10 Å². The van der Waals surface area contributed by atoms with Crippen LogP contribution >= 0.6 is 0 Å². The molecule has 1 aromatic rings. The zero-order valence-electron chi connectivity index (χ0n) is 10.6. The lowest BCUT2D eigenvalue weighted by molar-refractivity contribution is -0.117. The Morgan fingerprint density at radius 3 is 2.71 bits per heavy atom. The zero-order valence-corrected chi connectivity index (χ0v) is 10.6. The summed E-state index contributed by atoms with van der Waals surface area (Å²) in [6, 6.07) is 2.50. The molecule has 0 bridgehead atoms. The number of aromatic nitrogens is 2. The molecule has 17 heavy (non-hydrogen) atoms. The van der Waals surface area contributed by atoms with Crippen LogP contribution in [0.5, 0.6) is 0 Å². The zero-order chi connectivity index (χ0) is 12.0. The molecule has 4 heteroatoms. The van der Waals surface area contributed by atoms with E-state index in [1.54, 1.807) is 0 Å². The highest BCUT2D eigenvalue weighted by Crippen LogP contribution is 2.44. The molecule has 1 saturated carbocycles. The Morgan fingerprint density at radius 1 is 1.47 bits per heavy atom. The van der Waals surface area contributed by atoms with Crippen LogP contribution < -0.4 is 0 Å². The maximum atomic E-state index is 10.2. The van der Waals surface area contributed by atoms with Crippen LogP contribution in [0.25, 0.3) is 0 Å². The van der Waals surface area contributed by atoms with E-state index >= 15 is 0 Å². The van der Waals surface area contributed by atoms with Crippen molar-refractivity contribution in [1.82, 2.24) is 14.7 Å². The summed E-state index contributed by atoms with van der Waals surface area (Å²) in [5.41, 5.74) is 0.734. The molecule has 1 aromatic heterocycles. The van der Waals surface area contributed by atoms with E-state index in [1.807, 2.05) is 10.9 Å². The molecule has 0 aromatic carbocycles. The number of nitrogens with zero attached hydrogens (tertiary/aromatic N) is 3. The van der Waals surface area contributed by atoms with E-state index in [0.29, 0.717) is 12.0 Å². The second kappa shape index (κ2) is 3.82. The lowest BCUT2D eigenvalue weighted by atomic mass is 9.89. The van der Waals surface area contributed by atoms with Crippen LogP contribution in [-0.4, -0.2) is 38.5 Å². The van der Waals surface area contributed by atoms with Crippen molar-refractivity contribution in [2.24, 2.45) is 5.92 Å². The van der Waals surface area contributed by atoms with Gasteiger partial charge in [0.15, 0.2) is 0 Å². The number of rotatable bonds is 4. The van der Waals surface area contributed by atoms with Crippen molar-refractivity contribution in [3.05, 3.63) is 18.0 Å². The molecule has 2 heterocycles. The van der Waals surface area contributed by atoms with E-state index in [1.165, 1.54) is 12.8 Å². The lowest BCUT2D eigenvalue weighted by Crippen LogP contribution is -2.62. The Balaban J connectivity index is 1.54. The van der Waals surface area contributed by atoms with E-state index in [2.05, 4.69) is 29.9 Å². The van der Waals surface area contributed by atoms with Crippen LogP contribution in [0.1, 0.15) is 38.4 Å². The number of aliphatic hydroxyl groups is 1. The predicted molar refractivity (Wildman–Crippen MR) is 65.6 cm³/mol. The van der Waals surface area contributed by atoms with Gasteiger partial charge < -0.3 is 5.11 Å². The average Bonchev–Trinajstić information content (AvgIpc) is 2.97. The summed E-state index contributed by atoms with van der Waals surface area (Å²) in [6.45, 7) is 6.78. The molecule has 4 nitrogen and oxygen atoms in total. The van der Waals surface area contributed by atoms with Gasteiger partial charge >= 0.3 is 0 Å². The van der Waals surface area contributed by atoms with Crippen molar-refractivity contribution in [1.29, 1.82) is 0 Å². The Morgan fingerprint density at radius 2 is 2.18 bits per heavy atom. The molecule has 2 fully saturated rings. The van der Waals surface area contributed by atoms with Crippen LogP contribution in [0.2, 0.25) is 0 Å². The Hall–Kier alpha value is -0.870. The fraction of sp³-hybridized carbons (Fsp3) is 0.769. The third-order valence-electron chi connectivity index (χ3n) is 3.91. The largest absolute Gasteiger partial charge is 0.387 e. The minimum Gasteiger partial charge on any atom is -0.387 e. The smallest absolute Gasteiger partial charge is 0.0928 e. The van der Waals surface area contributed by atoms with E-state index in [9.17, 15) is 5.11 Å². The molecular weight excluding hydrogens is 214 g/mol. The molecular formula is C13H21N3O. The van der Waals surface area contributed by atoms with Crippen molar-refractivity contribution >= 4 is 0 Å². The van der Waals surface area contributed by atoms with Gasteiger partial charge in [-0.05, 0) is 38.7 Å².